The summed E-state index contributed by atoms with van der Waals surface area (Å²) in [5.41, 5.74) is 5.74. The highest BCUT2D eigenvalue weighted by Crippen LogP contribution is 2.34. The van der Waals surface area contributed by atoms with Gasteiger partial charge in [0.15, 0.2) is 9.84 Å². The number of pyridine rings is 2. The van der Waals surface area contributed by atoms with E-state index in [1.165, 1.54) is 29.4 Å². The Morgan fingerprint density at radius 1 is 1.29 bits per heavy atom. The Bertz CT molecular complexity index is 1600. The number of carbonyl (C=O) groups is 2. The molecule has 16 heteroatoms. The highest BCUT2D eigenvalue weighted by Gasteiger charge is 2.38. The van der Waals surface area contributed by atoms with E-state index in [2.05, 4.69) is 14.7 Å². The Labute approximate surface area is 245 Å². The number of benzene rings is 1. The van der Waals surface area contributed by atoms with Gasteiger partial charge >= 0.3 is 12.3 Å². The number of carboxylic acid groups (broad SMARTS) is 1. The standard InChI is InChI=1S/C18H18F3N3O4.C8H11ClN2O2S/c1-9-3-5-24(16(9)25)13(17(26)27)7-11-6-10-2-4-23-15(22)12(10)8-14(11)28-18(19,20)21;1-11(2)8-7(9)4-6(5-10-8)14(3,12)13/h2,4,6,8-9,13H,3,5,7H2,1H3,(H2,22,23)(H,26,27);4-5H,1-3H3. The summed E-state index contributed by atoms with van der Waals surface area (Å²) in [6.07, 6.45) is -1.000. The summed E-state index contributed by atoms with van der Waals surface area (Å²) < 4.78 is 65.1. The van der Waals surface area contributed by atoms with Gasteiger partial charge in [-0.1, -0.05) is 18.5 Å². The van der Waals surface area contributed by atoms with Crippen LogP contribution in [-0.4, -0.2) is 79.6 Å². The molecular formula is C26H29ClF3N5O6S. The largest absolute Gasteiger partial charge is 0.573 e. The van der Waals surface area contributed by atoms with E-state index in [1.807, 2.05) is 0 Å². The van der Waals surface area contributed by atoms with Crippen molar-refractivity contribution in [2.45, 2.75) is 37.1 Å². The van der Waals surface area contributed by atoms with Crippen molar-refractivity contribution in [1.29, 1.82) is 0 Å². The van der Waals surface area contributed by atoms with Crippen LogP contribution in [0.5, 0.6) is 5.75 Å². The molecule has 1 amide bonds. The summed E-state index contributed by atoms with van der Waals surface area (Å²) in [5.74, 6) is -1.94. The number of rotatable bonds is 7. The number of hydrogen-bond donors (Lipinski definition) is 2. The molecule has 1 saturated heterocycles. The first-order valence-electron chi connectivity index (χ1n) is 12.4. The molecule has 1 fully saturated rings. The summed E-state index contributed by atoms with van der Waals surface area (Å²) >= 11 is 5.86. The number of nitrogens with two attached hydrogens (primary N) is 1. The number of sulfone groups is 1. The molecule has 0 spiro atoms. The third-order valence-corrected chi connectivity index (χ3v) is 7.79. The van der Waals surface area contributed by atoms with E-state index in [9.17, 15) is 36.3 Å². The normalized spacial score (nSPS) is 16.1. The second-order valence-electron chi connectivity index (χ2n) is 9.85. The number of amides is 1. The maximum Gasteiger partial charge on any atom is 0.573 e. The molecule has 1 aliphatic rings. The van der Waals surface area contributed by atoms with Crippen molar-refractivity contribution in [3.8, 4) is 5.75 Å². The Morgan fingerprint density at radius 3 is 2.45 bits per heavy atom. The minimum absolute atomic E-state index is 0.00942. The zero-order chi connectivity index (χ0) is 31.6. The van der Waals surface area contributed by atoms with Gasteiger partial charge in [0.2, 0.25) is 5.91 Å². The minimum atomic E-state index is -4.98. The maximum atomic E-state index is 12.9. The second kappa shape index (κ2) is 12.6. The lowest BCUT2D eigenvalue weighted by atomic mass is 10.00. The second-order valence-corrected chi connectivity index (χ2v) is 12.3. The van der Waals surface area contributed by atoms with Gasteiger partial charge in [-0.05, 0) is 41.6 Å². The van der Waals surface area contributed by atoms with Gasteiger partial charge in [0.05, 0.1) is 9.92 Å². The van der Waals surface area contributed by atoms with E-state index in [1.54, 1.807) is 32.0 Å². The van der Waals surface area contributed by atoms with Crippen LogP contribution >= 0.6 is 11.6 Å². The number of aliphatic carboxylic acids is 1. The van der Waals surface area contributed by atoms with E-state index in [0.29, 0.717) is 22.6 Å². The number of halogens is 4. The Hall–Kier alpha value is -3.85. The number of ether oxygens (including phenoxy) is 1. The molecule has 228 valence electrons. The highest BCUT2D eigenvalue weighted by molar-refractivity contribution is 7.90. The Kier molecular flexibility index (Phi) is 9.77. The number of nitrogens with zero attached hydrogens (tertiary/aromatic N) is 4. The van der Waals surface area contributed by atoms with Crippen LogP contribution in [0.2, 0.25) is 5.02 Å². The molecular weight excluding hydrogens is 603 g/mol. The number of aromatic nitrogens is 2. The fourth-order valence-electron chi connectivity index (χ4n) is 4.29. The van der Waals surface area contributed by atoms with Crippen molar-refractivity contribution in [3.63, 3.8) is 0 Å². The number of alkyl halides is 3. The van der Waals surface area contributed by atoms with E-state index in [4.69, 9.17) is 17.3 Å². The van der Waals surface area contributed by atoms with Crippen molar-refractivity contribution in [2.24, 2.45) is 5.92 Å². The van der Waals surface area contributed by atoms with E-state index < -0.39 is 34.0 Å². The SMILES string of the molecule is CC1CCN(C(Cc2cc3ccnc(N)c3cc2OC(F)(F)F)C(=O)O)C1=O.CN(C)c1ncc(S(C)(=O)=O)cc1Cl. The molecule has 2 aromatic heterocycles. The Balaban J connectivity index is 0.000000291. The topological polar surface area (TPSA) is 156 Å². The number of likely N-dealkylation sites (tertiary alicyclic amines) is 1. The average molecular weight is 632 g/mol. The van der Waals surface area contributed by atoms with Gasteiger partial charge in [0.25, 0.3) is 0 Å². The lowest BCUT2D eigenvalue weighted by Crippen LogP contribution is -2.44. The molecule has 0 aliphatic carbocycles. The number of nitrogen functional groups attached to an aromatic ring is 1. The highest BCUT2D eigenvalue weighted by atomic mass is 35.5. The van der Waals surface area contributed by atoms with Crippen molar-refractivity contribution in [2.75, 3.05) is 37.5 Å². The number of carbonyl (C=O) groups excluding carboxylic acids is 1. The molecule has 42 heavy (non-hydrogen) atoms. The quantitative estimate of drug-likeness (QED) is 0.393. The Morgan fingerprint density at radius 2 is 1.95 bits per heavy atom. The fourth-order valence-corrected chi connectivity index (χ4v) is 5.27. The van der Waals surface area contributed by atoms with Crippen LogP contribution in [0, 0.1) is 5.92 Å². The molecule has 2 atom stereocenters. The molecule has 0 radical (unpaired) electrons. The first-order valence-corrected chi connectivity index (χ1v) is 14.6. The summed E-state index contributed by atoms with van der Waals surface area (Å²) in [6, 6.07) is 4.12. The van der Waals surface area contributed by atoms with Crippen LogP contribution in [0.4, 0.5) is 24.8 Å². The number of carboxylic acids is 1. The van der Waals surface area contributed by atoms with E-state index in [0.717, 1.165) is 12.3 Å². The molecule has 3 heterocycles. The zero-order valence-electron chi connectivity index (χ0n) is 23.0. The first kappa shape index (κ1) is 32.7. The predicted octanol–water partition coefficient (Wildman–Crippen LogP) is 3.78. The maximum absolute atomic E-state index is 12.9. The van der Waals surface area contributed by atoms with Gasteiger partial charge in [0.1, 0.15) is 23.4 Å². The van der Waals surface area contributed by atoms with Crippen LogP contribution in [0.3, 0.4) is 0 Å². The van der Waals surface area contributed by atoms with Gasteiger partial charge in [0, 0.05) is 57.0 Å². The first-order chi connectivity index (χ1) is 19.4. The van der Waals surface area contributed by atoms with Gasteiger partial charge in [-0.3, -0.25) is 4.79 Å². The van der Waals surface area contributed by atoms with Gasteiger partial charge < -0.3 is 25.4 Å². The third-order valence-electron chi connectivity index (χ3n) is 6.43. The van der Waals surface area contributed by atoms with Gasteiger partial charge in [-0.2, -0.15) is 0 Å². The van der Waals surface area contributed by atoms with Crippen LogP contribution < -0.4 is 15.4 Å². The summed E-state index contributed by atoms with van der Waals surface area (Å²) in [4.78, 5) is 34.8. The van der Waals surface area contributed by atoms with Crippen LogP contribution in [0.15, 0.2) is 41.6 Å². The summed E-state index contributed by atoms with van der Waals surface area (Å²) in [6.45, 7) is 1.92. The molecule has 1 aromatic carbocycles. The van der Waals surface area contributed by atoms with Crippen molar-refractivity contribution in [1.82, 2.24) is 14.9 Å². The lowest BCUT2D eigenvalue weighted by molar-refractivity contribution is -0.274. The molecule has 3 aromatic rings. The molecule has 0 bridgehead atoms. The molecule has 11 nitrogen and oxygen atoms in total. The van der Waals surface area contributed by atoms with Gasteiger partial charge in [-0.15, -0.1) is 13.2 Å². The van der Waals surface area contributed by atoms with E-state index in [-0.39, 0.29) is 46.5 Å². The number of anilines is 2. The average Bonchev–Trinajstić information content (AvgIpc) is 3.19. The summed E-state index contributed by atoms with van der Waals surface area (Å²) in [7, 11) is 0.339. The summed E-state index contributed by atoms with van der Waals surface area (Å²) in [5, 5.41) is 10.7. The molecule has 1 aliphatic heterocycles. The van der Waals surface area contributed by atoms with Crippen molar-refractivity contribution < 1.29 is 41.0 Å². The fraction of sp³-hybridized carbons (Fsp3) is 0.385. The molecule has 4 rings (SSSR count). The zero-order valence-corrected chi connectivity index (χ0v) is 24.6. The van der Waals surface area contributed by atoms with Crippen molar-refractivity contribution >= 4 is 55.7 Å². The smallest absolute Gasteiger partial charge is 0.480 e. The monoisotopic (exact) mass is 631 g/mol. The minimum Gasteiger partial charge on any atom is -0.480 e. The molecule has 0 saturated carbocycles. The molecule has 3 N–H and O–H groups in total. The number of hydrogen-bond acceptors (Lipinski definition) is 9. The lowest BCUT2D eigenvalue weighted by Gasteiger charge is -2.26. The van der Waals surface area contributed by atoms with E-state index >= 15 is 0 Å². The third kappa shape index (κ3) is 7.91. The van der Waals surface area contributed by atoms with Crippen LogP contribution in [0.25, 0.3) is 10.8 Å². The predicted molar refractivity (Wildman–Crippen MR) is 150 cm³/mol. The number of fused-ring (bicyclic) bond motifs is 1. The van der Waals surface area contributed by atoms with Crippen LogP contribution in [0.1, 0.15) is 18.9 Å². The van der Waals surface area contributed by atoms with Gasteiger partial charge in [-0.25, -0.2) is 23.2 Å². The van der Waals surface area contributed by atoms with Crippen molar-refractivity contribution in [3.05, 3.63) is 47.2 Å². The molecule has 2 unspecified atom stereocenters. The van der Waals surface area contributed by atoms with Crippen LogP contribution in [-0.2, 0) is 25.8 Å².